The second kappa shape index (κ2) is 10.5. The molecule has 2 aromatic carbocycles. The van der Waals surface area contributed by atoms with Crippen LogP contribution in [-0.4, -0.2) is 43.4 Å². The molecule has 0 saturated heterocycles. The SMILES string of the molecule is CC(=O)O.S=C(Nc1ccccc1)c1ccccc1.[PbH2]. The molecule has 0 aliphatic heterocycles. The number of carboxylic acid groups (broad SMARTS) is 1. The molecule has 0 heterocycles. The normalized spacial score (nSPS) is 8.45. The van der Waals surface area contributed by atoms with Gasteiger partial charge in [0.05, 0.1) is 0 Å². The van der Waals surface area contributed by atoms with Crippen molar-refractivity contribution >= 4 is 56.2 Å². The van der Waals surface area contributed by atoms with Crippen molar-refractivity contribution in [2.24, 2.45) is 0 Å². The quantitative estimate of drug-likeness (QED) is 0.511. The van der Waals surface area contributed by atoms with Gasteiger partial charge < -0.3 is 10.4 Å². The van der Waals surface area contributed by atoms with Crippen molar-refractivity contribution in [1.29, 1.82) is 0 Å². The number of nitrogens with one attached hydrogen (secondary N) is 1. The van der Waals surface area contributed by atoms with Crippen molar-refractivity contribution in [3.63, 3.8) is 0 Å². The predicted octanol–water partition coefficient (Wildman–Crippen LogP) is 2.65. The number of benzene rings is 2. The van der Waals surface area contributed by atoms with Crippen molar-refractivity contribution in [1.82, 2.24) is 0 Å². The molecule has 104 valence electrons. The first-order valence-electron chi connectivity index (χ1n) is 5.70. The van der Waals surface area contributed by atoms with Crippen LogP contribution in [0.15, 0.2) is 60.7 Å². The average Bonchev–Trinajstić information content (AvgIpc) is 2.40. The Morgan fingerprint density at radius 1 is 1.00 bits per heavy atom. The summed E-state index contributed by atoms with van der Waals surface area (Å²) in [5.41, 5.74) is 2.06. The van der Waals surface area contributed by atoms with Crippen LogP contribution in [0.3, 0.4) is 0 Å². The van der Waals surface area contributed by atoms with Gasteiger partial charge in [0.25, 0.3) is 5.97 Å². The number of thiocarbonyl (C=S) groups is 1. The van der Waals surface area contributed by atoms with Crippen molar-refractivity contribution in [2.45, 2.75) is 6.92 Å². The first-order chi connectivity index (χ1) is 9.09. The molecule has 0 aliphatic carbocycles. The molecule has 0 aliphatic rings. The summed E-state index contributed by atoms with van der Waals surface area (Å²) >= 11 is 5.29. The van der Waals surface area contributed by atoms with Gasteiger partial charge in [-0.15, -0.1) is 0 Å². The Morgan fingerprint density at radius 3 is 1.85 bits per heavy atom. The van der Waals surface area contributed by atoms with Gasteiger partial charge in [-0.1, -0.05) is 60.7 Å². The summed E-state index contributed by atoms with van der Waals surface area (Å²) in [6, 6.07) is 19.9. The van der Waals surface area contributed by atoms with E-state index in [0.717, 1.165) is 23.2 Å². The molecule has 0 bridgehead atoms. The fourth-order valence-corrected chi connectivity index (χ4v) is 1.57. The molecule has 0 amide bonds. The molecule has 0 spiro atoms. The van der Waals surface area contributed by atoms with E-state index in [-0.39, 0.29) is 27.3 Å². The summed E-state index contributed by atoms with van der Waals surface area (Å²) in [7, 11) is 0. The van der Waals surface area contributed by atoms with Gasteiger partial charge in [-0.2, -0.15) is 0 Å². The van der Waals surface area contributed by atoms with Gasteiger partial charge in [-0.25, -0.2) is 0 Å². The van der Waals surface area contributed by atoms with Crippen LogP contribution in [-0.2, 0) is 4.79 Å². The minimum atomic E-state index is -0.833. The molecule has 20 heavy (non-hydrogen) atoms. The number of carbonyl (C=O) groups is 1. The van der Waals surface area contributed by atoms with Crippen LogP contribution in [0.2, 0.25) is 0 Å². The Labute approximate surface area is 144 Å². The Kier molecular flexibility index (Phi) is 9.83. The van der Waals surface area contributed by atoms with Crippen LogP contribution < -0.4 is 5.32 Å². The molecule has 0 fully saturated rings. The third-order valence-corrected chi connectivity index (χ3v) is 2.41. The first-order valence-corrected chi connectivity index (χ1v) is 6.11. The molecule has 0 aromatic heterocycles. The fourth-order valence-electron chi connectivity index (χ4n) is 1.31. The zero-order chi connectivity index (χ0) is 14.1. The van der Waals surface area contributed by atoms with Crippen molar-refractivity contribution in [2.75, 3.05) is 5.32 Å². The first kappa shape index (κ1) is 18.7. The van der Waals surface area contributed by atoms with Gasteiger partial charge in [0.15, 0.2) is 0 Å². The number of hydrogen-bond acceptors (Lipinski definition) is 2. The summed E-state index contributed by atoms with van der Waals surface area (Å²) in [5, 5.41) is 10.6. The molecule has 0 atom stereocenters. The van der Waals surface area contributed by atoms with E-state index < -0.39 is 5.97 Å². The summed E-state index contributed by atoms with van der Waals surface area (Å²) in [4.78, 5) is 9.75. The van der Waals surface area contributed by atoms with Crippen molar-refractivity contribution in [3.05, 3.63) is 66.2 Å². The van der Waals surface area contributed by atoms with Gasteiger partial charge in [-0.05, 0) is 12.1 Å². The van der Waals surface area contributed by atoms with E-state index in [1.165, 1.54) is 0 Å². The topological polar surface area (TPSA) is 49.3 Å². The summed E-state index contributed by atoms with van der Waals surface area (Å²) in [6.07, 6.45) is 0. The van der Waals surface area contributed by atoms with E-state index in [1.54, 1.807) is 0 Å². The van der Waals surface area contributed by atoms with Crippen LogP contribution in [0.1, 0.15) is 12.5 Å². The standard InChI is InChI=1S/C13H11NS.C2H4O2.Pb.2H/c15-13(11-7-3-1-4-8-11)14-12-9-5-2-6-10-12;1-2(3)4;;;/h1-10H,(H,14,15);1H3,(H,3,4);;;. The molecule has 0 saturated carbocycles. The average molecular weight is 483 g/mol. The van der Waals surface area contributed by atoms with E-state index >= 15 is 0 Å². The molecule has 0 unspecified atom stereocenters. The van der Waals surface area contributed by atoms with E-state index in [0.29, 0.717) is 0 Å². The predicted molar refractivity (Wildman–Crippen MR) is 90.1 cm³/mol. The van der Waals surface area contributed by atoms with Gasteiger partial charge in [-0.3, -0.25) is 4.79 Å². The third kappa shape index (κ3) is 8.01. The van der Waals surface area contributed by atoms with Crippen LogP contribution in [0.4, 0.5) is 5.69 Å². The van der Waals surface area contributed by atoms with Crippen molar-refractivity contribution in [3.8, 4) is 0 Å². The molecule has 2 radical (unpaired) electrons. The molecule has 2 aromatic rings. The number of anilines is 1. The van der Waals surface area contributed by atoms with Crippen LogP contribution in [0.5, 0.6) is 0 Å². The van der Waals surface area contributed by atoms with Gasteiger partial charge in [0.2, 0.25) is 0 Å². The number of para-hydroxylation sites is 1. The van der Waals surface area contributed by atoms with E-state index in [2.05, 4.69) is 5.32 Å². The maximum absolute atomic E-state index is 9.00. The van der Waals surface area contributed by atoms with Gasteiger partial charge >= 0.3 is 27.3 Å². The van der Waals surface area contributed by atoms with E-state index in [9.17, 15) is 0 Å². The second-order valence-corrected chi connectivity index (χ2v) is 4.11. The van der Waals surface area contributed by atoms with Crippen LogP contribution >= 0.6 is 12.2 Å². The van der Waals surface area contributed by atoms with Crippen LogP contribution in [0.25, 0.3) is 0 Å². The molecule has 2 N–H and O–H groups in total. The number of rotatable bonds is 2. The van der Waals surface area contributed by atoms with Gasteiger partial charge in [0.1, 0.15) is 4.99 Å². The zero-order valence-corrected chi connectivity index (χ0v) is 17.6. The maximum atomic E-state index is 9.00. The minimum absolute atomic E-state index is 0. The van der Waals surface area contributed by atoms with E-state index in [1.807, 2.05) is 60.7 Å². The number of carboxylic acids is 1. The summed E-state index contributed by atoms with van der Waals surface area (Å²) in [6.45, 7) is 1.08. The molecule has 5 heteroatoms. The fraction of sp³-hybridized carbons (Fsp3) is 0.0667. The van der Waals surface area contributed by atoms with E-state index in [4.69, 9.17) is 22.1 Å². The molecular weight excluding hydrogens is 465 g/mol. The zero-order valence-electron chi connectivity index (χ0n) is 11.2. The molecule has 2 rings (SSSR count). The third-order valence-electron chi connectivity index (χ3n) is 2.07. The molecule has 3 nitrogen and oxygen atoms in total. The summed E-state index contributed by atoms with van der Waals surface area (Å²) in [5.74, 6) is -0.833. The Bertz CT molecular complexity index is 528. The summed E-state index contributed by atoms with van der Waals surface area (Å²) < 4.78 is 0. The van der Waals surface area contributed by atoms with Crippen LogP contribution in [0, 0.1) is 0 Å². The second-order valence-electron chi connectivity index (χ2n) is 3.71. The Balaban J connectivity index is 0.000000644. The molecular formula is C15H17NO2PbS. The number of hydrogen-bond donors (Lipinski definition) is 2. The number of aliphatic carboxylic acids is 1. The van der Waals surface area contributed by atoms with Crippen molar-refractivity contribution < 1.29 is 9.90 Å². The van der Waals surface area contributed by atoms with Gasteiger partial charge in [0, 0.05) is 18.2 Å². The Hall–Kier alpha value is -1.28. The Morgan fingerprint density at radius 2 is 1.40 bits per heavy atom. The monoisotopic (exact) mass is 483 g/mol.